The average Bonchev–Trinajstić information content (AvgIpc) is 3.34. The second-order valence-corrected chi connectivity index (χ2v) is 5.99. The van der Waals surface area contributed by atoms with E-state index in [1.54, 1.807) is 18.8 Å². The van der Waals surface area contributed by atoms with Gasteiger partial charge in [0.2, 0.25) is 0 Å². The number of nitrogens with two attached hydrogens (primary N) is 1. The topological polar surface area (TPSA) is 96.1 Å². The first-order valence-electron chi connectivity index (χ1n) is 8.23. The molecule has 0 bridgehead atoms. The zero-order valence-electron chi connectivity index (χ0n) is 14.5. The van der Waals surface area contributed by atoms with Crippen LogP contribution in [0.5, 0.6) is 0 Å². The predicted octanol–water partition coefficient (Wildman–Crippen LogP) is 2.59. The van der Waals surface area contributed by atoms with Crippen LogP contribution in [-0.2, 0) is 4.84 Å². The Balaban J connectivity index is 1.80. The number of aromatic nitrogens is 5. The highest BCUT2D eigenvalue weighted by Crippen LogP contribution is 2.30. The van der Waals surface area contributed by atoms with Gasteiger partial charge in [-0.3, -0.25) is 10.2 Å². The number of hydrogen-bond acceptors (Lipinski definition) is 4. The van der Waals surface area contributed by atoms with Crippen molar-refractivity contribution in [1.82, 2.24) is 25.4 Å². The Morgan fingerprint density at radius 1 is 0.923 bits per heavy atom. The number of quaternary nitrogens is 1. The van der Waals surface area contributed by atoms with Gasteiger partial charge in [-0.1, -0.05) is 18.2 Å². The summed E-state index contributed by atoms with van der Waals surface area (Å²) >= 11 is 0. The van der Waals surface area contributed by atoms with Gasteiger partial charge in [-0.2, -0.15) is 15.7 Å². The summed E-state index contributed by atoms with van der Waals surface area (Å²) in [6.07, 6.45) is 1.75. The van der Waals surface area contributed by atoms with Crippen LogP contribution < -0.4 is 5.48 Å². The largest absolute Gasteiger partial charge is 0.278 e. The van der Waals surface area contributed by atoms with E-state index in [1.807, 2.05) is 25.1 Å². The molecule has 4 rings (SSSR count). The van der Waals surface area contributed by atoms with E-state index in [9.17, 15) is 0 Å². The van der Waals surface area contributed by atoms with Crippen LogP contribution >= 0.6 is 0 Å². The number of nitrogens with zero attached hydrogens (tertiary/aromatic N) is 3. The lowest BCUT2D eigenvalue weighted by Gasteiger charge is -2.08. The number of rotatable bonds is 5. The average molecular weight is 347 g/mol. The summed E-state index contributed by atoms with van der Waals surface area (Å²) in [6, 6.07) is 16.4. The molecule has 0 aliphatic carbocycles. The molecule has 2 aromatic carbocycles. The molecule has 0 radical (unpaired) electrons. The first kappa shape index (κ1) is 16.2. The van der Waals surface area contributed by atoms with Gasteiger partial charge in [-0.25, -0.2) is 9.82 Å². The third kappa shape index (κ3) is 3.26. The smallest absolute Gasteiger partial charge is 0.181 e. The predicted molar refractivity (Wildman–Crippen MR) is 98.2 cm³/mol. The van der Waals surface area contributed by atoms with E-state index in [4.69, 9.17) is 4.84 Å². The molecule has 0 amide bonds. The summed E-state index contributed by atoms with van der Waals surface area (Å²) in [7, 11) is 1.64. The van der Waals surface area contributed by atoms with Crippen molar-refractivity contribution in [1.29, 1.82) is 0 Å². The fraction of sp³-hybridized carbons (Fsp3) is 0.105. The SMILES string of the molecule is CO[NH2+]c1cc(-c2cccc(-c3ccn[nH]3)c2)cc(-c2n[nH]c(C)n2)c1. The monoisotopic (exact) mass is 347 g/mol. The number of aromatic amines is 2. The van der Waals surface area contributed by atoms with Crippen LogP contribution in [0.3, 0.4) is 0 Å². The summed E-state index contributed by atoms with van der Waals surface area (Å²) in [5.41, 5.74) is 7.82. The number of hydrogen-bond donors (Lipinski definition) is 3. The molecule has 7 heteroatoms. The number of nitrogens with one attached hydrogen (secondary N) is 2. The summed E-state index contributed by atoms with van der Waals surface area (Å²) < 4.78 is 0. The molecule has 2 aromatic heterocycles. The molecule has 0 saturated carbocycles. The molecule has 0 atom stereocenters. The van der Waals surface area contributed by atoms with Crippen molar-refractivity contribution in [2.45, 2.75) is 6.92 Å². The van der Waals surface area contributed by atoms with Crippen LogP contribution in [-0.4, -0.2) is 32.5 Å². The van der Waals surface area contributed by atoms with Gasteiger partial charge in [0.05, 0.1) is 12.8 Å². The molecule has 0 saturated heterocycles. The van der Waals surface area contributed by atoms with Crippen LogP contribution in [0.1, 0.15) is 5.82 Å². The van der Waals surface area contributed by atoms with E-state index in [0.717, 1.165) is 39.5 Å². The van der Waals surface area contributed by atoms with E-state index in [1.165, 1.54) is 0 Å². The van der Waals surface area contributed by atoms with E-state index in [0.29, 0.717) is 5.82 Å². The second kappa shape index (κ2) is 6.91. The van der Waals surface area contributed by atoms with Gasteiger partial charge in [0.1, 0.15) is 5.82 Å². The minimum atomic E-state index is 0.667. The Bertz CT molecular complexity index is 1020. The third-order valence-electron chi connectivity index (χ3n) is 4.07. The summed E-state index contributed by atoms with van der Waals surface area (Å²) in [5.74, 6) is 1.45. The van der Waals surface area contributed by atoms with Crippen molar-refractivity contribution < 1.29 is 10.3 Å². The van der Waals surface area contributed by atoms with Gasteiger partial charge in [0.25, 0.3) is 0 Å². The zero-order chi connectivity index (χ0) is 17.9. The van der Waals surface area contributed by atoms with Crippen molar-refractivity contribution in [3.8, 4) is 33.8 Å². The van der Waals surface area contributed by atoms with Crippen molar-refractivity contribution in [2.75, 3.05) is 7.11 Å². The molecule has 0 spiro atoms. The Morgan fingerprint density at radius 2 is 1.73 bits per heavy atom. The first-order chi connectivity index (χ1) is 12.7. The Kier molecular flexibility index (Phi) is 4.30. The lowest BCUT2D eigenvalue weighted by atomic mass is 9.99. The van der Waals surface area contributed by atoms with Crippen molar-refractivity contribution >= 4 is 5.69 Å². The molecule has 4 N–H and O–H groups in total. The van der Waals surface area contributed by atoms with Gasteiger partial charge in [-0.15, -0.1) is 0 Å². The van der Waals surface area contributed by atoms with Gasteiger partial charge < -0.3 is 0 Å². The van der Waals surface area contributed by atoms with Gasteiger partial charge in [0.15, 0.2) is 11.5 Å². The van der Waals surface area contributed by atoms with Crippen LogP contribution in [0.2, 0.25) is 0 Å². The molecule has 0 aliphatic heterocycles. The maximum absolute atomic E-state index is 5.21. The number of aryl methyl sites for hydroxylation is 1. The molecular weight excluding hydrogens is 328 g/mol. The van der Waals surface area contributed by atoms with Crippen LogP contribution in [0.25, 0.3) is 33.8 Å². The maximum atomic E-state index is 5.21. The molecular formula is C19H19N6O+. The molecule has 0 unspecified atom stereocenters. The standard InChI is InChI=1S/C19H18N6O/c1-12-21-19(24-22-12)16-9-15(10-17(11-16)25-26-2)13-4-3-5-14(8-13)18-6-7-20-23-18/h3-11,25H,1-2H3,(H,20,23)(H,21,22,24)/p+1. The van der Waals surface area contributed by atoms with E-state index in [2.05, 4.69) is 55.7 Å². The van der Waals surface area contributed by atoms with Crippen molar-refractivity contribution in [2.24, 2.45) is 0 Å². The van der Waals surface area contributed by atoms with Crippen molar-refractivity contribution in [3.05, 3.63) is 60.6 Å². The maximum Gasteiger partial charge on any atom is 0.181 e. The quantitative estimate of drug-likeness (QED) is 0.382. The highest BCUT2D eigenvalue weighted by molar-refractivity contribution is 5.76. The molecule has 7 nitrogen and oxygen atoms in total. The third-order valence-corrected chi connectivity index (χ3v) is 4.07. The molecule has 26 heavy (non-hydrogen) atoms. The van der Waals surface area contributed by atoms with Gasteiger partial charge in [0, 0.05) is 29.5 Å². The molecule has 0 fully saturated rings. The van der Waals surface area contributed by atoms with Crippen LogP contribution in [0.15, 0.2) is 54.7 Å². The molecule has 2 heterocycles. The van der Waals surface area contributed by atoms with Crippen LogP contribution in [0.4, 0.5) is 5.69 Å². The second-order valence-electron chi connectivity index (χ2n) is 5.99. The fourth-order valence-electron chi connectivity index (χ4n) is 2.91. The zero-order valence-corrected chi connectivity index (χ0v) is 14.5. The molecule has 4 aromatic rings. The van der Waals surface area contributed by atoms with Crippen molar-refractivity contribution in [3.63, 3.8) is 0 Å². The number of H-pyrrole nitrogens is 2. The summed E-state index contributed by atoms with van der Waals surface area (Å²) in [4.78, 5) is 9.65. The fourth-order valence-corrected chi connectivity index (χ4v) is 2.91. The number of benzene rings is 2. The normalized spacial score (nSPS) is 11.0. The summed E-state index contributed by atoms with van der Waals surface area (Å²) in [6.45, 7) is 1.89. The Morgan fingerprint density at radius 3 is 2.46 bits per heavy atom. The lowest BCUT2D eigenvalue weighted by molar-refractivity contribution is -0.830. The molecule has 130 valence electrons. The molecule has 0 aliphatic rings. The minimum Gasteiger partial charge on any atom is -0.278 e. The van der Waals surface area contributed by atoms with Crippen LogP contribution in [0, 0.1) is 6.92 Å². The Hall–Kier alpha value is -3.29. The highest BCUT2D eigenvalue weighted by Gasteiger charge is 2.12. The van der Waals surface area contributed by atoms with E-state index in [-0.39, 0.29) is 0 Å². The Labute approximate surface area is 150 Å². The van der Waals surface area contributed by atoms with Gasteiger partial charge in [-0.05, 0) is 36.2 Å². The minimum absolute atomic E-state index is 0.667. The van der Waals surface area contributed by atoms with E-state index >= 15 is 0 Å². The highest BCUT2D eigenvalue weighted by atomic mass is 16.6. The summed E-state index contributed by atoms with van der Waals surface area (Å²) in [5, 5.41) is 14.2. The first-order valence-corrected chi connectivity index (χ1v) is 8.23. The van der Waals surface area contributed by atoms with Gasteiger partial charge >= 0.3 is 0 Å². The van der Waals surface area contributed by atoms with E-state index < -0.39 is 0 Å². The lowest BCUT2D eigenvalue weighted by Crippen LogP contribution is -2.75.